The molecule has 5 heteroatoms. The second kappa shape index (κ2) is 6.87. The maximum absolute atomic E-state index is 14.1. The van der Waals surface area contributed by atoms with Gasteiger partial charge in [-0.3, -0.25) is 4.79 Å². The first kappa shape index (κ1) is 18.7. The minimum absolute atomic E-state index is 0.0351. The molecule has 3 aromatic rings. The minimum atomic E-state index is -0.541. The molecule has 1 saturated carbocycles. The summed E-state index contributed by atoms with van der Waals surface area (Å²) in [6, 6.07) is 16.6. The first-order valence-electron chi connectivity index (χ1n) is 10.1. The molecule has 0 saturated heterocycles. The Morgan fingerprint density at radius 2 is 1.77 bits per heavy atom. The number of nitrogens with one attached hydrogen (secondary N) is 1. The summed E-state index contributed by atoms with van der Waals surface area (Å²) in [6.45, 7) is 3.97. The van der Waals surface area contributed by atoms with Crippen molar-refractivity contribution in [2.24, 2.45) is 0 Å². The highest BCUT2D eigenvalue weighted by Crippen LogP contribution is 2.51. The summed E-state index contributed by atoms with van der Waals surface area (Å²) in [7, 11) is 0. The molecule has 152 valence electrons. The lowest BCUT2D eigenvalue weighted by atomic mass is 9.93. The van der Waals surface area contributed by atoms with Crippen molar-refractivity contribution in [2.45, 2.75) is 32.1 Å². The highest BCUT2D eigenvalue weighted by Gasteiger charge is 2.51. The fraction of sp³-hybridized carbons (Fsp3) is 0.240. The van der Waals surface area contributed by atoms with Crippen LogP contribution in [0.1, 0.15) is 29.5 Å². The number of fused-ring (bicyclic) bond motifs is 1. The molecule has 0 aromatic heterocycles. The van der Waals surface area contributed by atoms with Crippen LogP contribution in [0, 0.1) is 19.7 Å². The van der Waals surface area contributed by atoms with Gasteiger partial charge in [0.2, 0.25) is 12.7 Å². The van der Waals surface area contributed by atoms with Crippen molar-refractivity contribution in [3.8, 4) is 22.6 Å². The molecule has 1 aliphatic heterocycles. The van der Waals surface area contributed by atoms with Crippen LogP contribution in [0.25, 0.3) is 11.1 Å². The fourth-order valence-electron chi connectivity index (χ4n) is 4.11. The van der Waals surface area contributed by atoms with E-state index in [1.165, 1.54) is 6.07 Å². The standard InChI is InChI=1S/C25H22FNO3/c1-15-6-8-18(13-20(15)19-4-3-5-21(26)16(19)2)27-24(28)25(10-11-25)17-7-9-22-23(12-17)30-14-29-22/h3-9,12-13H,10-11,14H2,1-2H3,(H,27,28). The van der Waals surface area contributed by atoms with Crippen LogP contribution >= 0.6 is 0 Å². The minimum Gasteiger partial charge on any atom is -0.454 e. The number of aryl methyl sites for hydroxylation is 1. The first-order chi connectivity index (χ1) is 14.5. The van der Waals surface area contributed by atoms with Crippen LogP contribution in [-0.2, 0) is 10.2 Å². The Hall–Kier alpha value is -3.34. The van der Waals surface area contributed by atoms with Crippen molar-refractivity contribution in [1.82, 2.24) is 0 Å². The summed E-state index contributed by atoms with van der Waals surface area (Å²) in [4.78, 5) is 13.2. The van der Waals surface area contributed by atoms with Gasteiger partial charge in [0.15, 0.2) is 11.5 Å². The van der Waals surface area contributed by atoms with E-state index in [1.807, 2.05) is 49.4 Å². The fourth-order valence-corrected chi connectivity index (χ4v) is 4.11. The van der Waals surface area contributed by atoms with Gasteiger partial charge in [0.25, 0.3) is 0 Å². The summed E-state index contributed by atoms with van der Waals surface area (Å²) in [5.74, 6) is 1.13. The molecule has 2 aliphatic rings. The van der Waals surface area contributed by atoms with Crippen LogP contribution in [0.15, 0.2) is 54.6 Å². The maximum atomic E-state index is 14.1. The van der Waals surface area contributed by atoms with E-state index in [1.54, 1.807) is 13.0 Å². The predicted octanol–water partition coefficient (Wildman–Crippen LogP) is 5.51. The summed E-state index contributed by atoms with van der Waals surface area (Å²) >= 11 is 0. The van der Waals surface area contributed by atoms with Gasteiger partial charge < -0.3 is 14.8 Å². The van der Waals surface area contributed by atoms with Crippen molar-refractivity contribution in [3.63, 3.8) is 0 Å². The molecule has 0 bridgehead atoms. The molecule has 3 aromatic carbocycles. The molecule has 1 N–H and O–H groups in total. The average Bonchev–Trinajstić information content (AvgIpc) is 3.42. The lowest BCUT2D eigenvalue weighted by Crippen LogP contribution is -2.27. The van der Waals surface area contributed by atoms with E-state index in [-0.39, 0.29) is 18.5 Å². The molecule has 0 unspecified atom stereocenters. The van der Waals surface area contributed by atoms with Gasteiger partial charge in [-0.1, -0.05) is 24.3 Å². The molecule has 1 fully saturated rings. The normalized spacial score (nSPS) is 15.7. The van der Waals surface area contributed by atoms with E-state index in [9.17, 15) is 9.18 Å². The van der Waals surface area contributed by atoms with Crippen LogP contribution in [0.3, 0.4) is 0 Å². The van der Waals surface area contributed by atoms with E-state index in [4.69, 9.17) is 9.47 Å². The number of rotatable bonds is 4. The predicted molar refractivity (Wildman–Crippen MR) is 113 cm³/mol. The zero-order chi connectivity index (χ0) is 20.9. The zero-order valence-corrected chi connectivity index (χ0v) is 16.9. The lowest BCUT2D eigenvalue weighted by Gasteiger charge is -2.18. The number of amides is 1. The molecule has 1 heterocycles. The molecule has 5 rings (SSSR count). The van der Waals surface area contributed by atoms with Crippen LogP contribution in [0.4, 0.5) is 10.1 Å². The van der Waals surface area contributed by atoms with Gasteiger partial charge in [0.05, 0.1) is 5.41 Å². The van der Waals surface area contributed by atoms with E-state index < -0.39 is 5.41 Å². The number of anilines is 1. The van der Waals surface area contributed by atoms with Gasteiger partial charge in [-0.05, 0) is 84.8 Å². The smallest absolute Gasteiger partial charge is 0.235 e. The van der Waals surface area contributed by atoms with Crippen molar-refractivity contribution in [2.75, 3.05) is 12.1 Å². The quantitative estimate of drug-likeness (QED) is 0.625. The number of hydrogen-bond acceptors (Lipinski definition) is 3. The van der Waals surface area contributed by atoms with Crippen molar-refractivity contribution in [3.05, 3.63) is 77.1 Å². The lowest BCUT2D eigenvalue weighted by molar-refractivity contribution is -0.118. The van der Waals surface area contributed by atoms with Gasteiger partial charge in [-0.15, -0.1) is 0 Å². The SMILES string of the molecule is Cc1ccc(NC(=O)C2(c3ccc4c(c3)OCO4)CC2)cc1-c1cccc(F)c1C. The number of carbonyl (C=O) groups excluding carboxylic acids is 1. The van der Waals surface area contributed by atoms with Crippen LogP contribution in [-0.4, -0.2) is 12.7 Å². The number of halogens is 1. The summed E-state index contributed by atoms with van der Waals surface area (Å²) in [5.41, 5.74) is 4.48. The van der Waals surface area contributed by atoms with Gasteiger partial charge >= 0.3 is 0 Å². The van der Waals surface area contributed by atoms with Crippen molar-refractivity contribution in [1.29, 1.82) is 0 Å². The number of hydrogen-bond donors (Lipinski definition) is 1. The second-order valence-corrected chi connectivity index (χ2v) is 8.05. The zero-order valence-electron chi connectivity index (χ0n) is 16.9. The van der Waals surface area contributed by atoms with Gasteiger partial charge in [0, 0.05) is 5.69 Å². The van der Waals surface area contributed by atoms with Crippen molar-refractivity contribution < 1.29 is 18.7 Å². The van der Waals surface area contributed by atoms with Crippen LogP contribution in [0.2, 0.25) is 0 Å². The molecule has 4 nitrogen and oxygen atoms in total. The van der Waals surface area contributed by atoms with Gasteiger partial charge in [0.1, 0.15) is 5.82 Å². The summed E-state index contributed by atoms with van der Waals surface area (Å²) < 4.78 is 24.9. The topological polar surface area (TPSA) is 47.6 Å². The Bertz CT molecular complexity index is 1170. The molecular formula is C25H22FNO3. The van der Waals surface area contributed by atoms with E-state index in [0.29, 0.717) is 22.7 Å². The van der Waals surface area contributed by atoms with Crippen molar-refractivity contribution >= 4 is 11.6 Å². The van der Waals surface area contributed by atoms with Gasteiger partial charge in [-0.25, -0.2) is 4.39 Å². The molecule has 0 radical (unpaired) electrons. The number of ether oxygens (including phenoxy) is 2. The Morgan fingerprint density at radius 1 is 0.967 bits per heavy atom. The summed E-state index contributed by atoms with van der Waals surface area (Å²) in [6.07, 6.45) is 1.58. The molecular weight excluding hydrogens is 381 g/mol. The summed E-state index contributed by atoms with van der Waals surface area (Å²) in [5, 5.41) is 3.08. The number of carbonyl (C=O) groups is 1. The highest BCUT2D eigenvalue weighted by molar-refractivity contribution is 6.02. The molecule has 0 atom stereocenters. The van der Waals surface area contributed by atoms with Crippen LogP contribution < -0.4 is 14.8 Å². The van der Waals surface area contributed by atoms with Gasteiger partial charge in [-0.2, -0.15) is 0 Å². The van der Waals surface area contributed by atoms with E-state index in [0.717, 1.165) is 35.1 Å². The highest BCUT2D eigenvalue weighted by atomic mass is 19.1. The Balaban J connectivity index is 1.44. The molecule has 0 spiro atoms. The maximum Gasteiger partial charge on any atom is 0.235 e. The van der Waals surface area contributed by atoms with Crippen LogP contribution in [0.5, 0.6) is 11.5 Å². The Morgan fingerprint density at radius 3 is 2.57 bits per heavy atom. The third-order valence-corrected chi connectivity index (χ3v) is 6.16. The molecule has 1 aliphatic carbocycles. The van der Waals surface area contributed by atoms with E-state index >= 15 is 0 Å². The number of benzene rings is 3. The third kappa shape index (κ3) is 3.02. The third-order valence-electron chi connectivity index (χ3n) is 6.16. The Kier molecular flexibility index (Phi) is 4.28. The largest absolute Gasteiger partial charge is 0.454 e. The molecule has 30 heavy (non-hydrogen) atoms. The average molecular weight is 403 g/mol. The van der Waals surface area contributed by atoms with E-state index in [2.05, 4.69) is 5.32 Å². The first-order valence-corrected chi connectivity index (χ1v) is 10.1. The monoisotopic (exact) mass is 403 g/mol. The second-order valence-electron chi connectivity index (χ2n) is 8.05. The Labute approximate surface area is 174 Å². The molecule has 1 amide bonds.